The Morgan fingerprint density at radius 2 is 1.91 bits per heavy atom. The van der Waals surface area contributed by atoms with Crippen molar-refractivity contribution in [1.82, 2.24) is 19.4 Å². The second kappa shape index (κ2) is 12.0. The molecule has 0 spiro atoms. The van der Waals surface area contributed by atoms with E-state index in [1.54, 1.807) is 24.3 Å². The number of pyridine rings is 1. The van der Waals surface area contributed by atoms with Crippen molar-refractivity contribution in [3.63, 3.8) is 0 Å². The van der Waals surface area contributed by atoms with Crippen molar-refractivity contribution in [3.05, 3.63) is 82.5 Å². The molecule has 232 valence electrons. The first-order valence-electron chi connectivity index (χ1n) is 15.3. The Morgan fingerprint density at radius 1 is 1.11 bits per heavy atom. The Bertz CT molecular complexity index is 1790. The van der Waals surface area contributed by atoms with Crippen LogP contribution in [0.4, 0.5) is 4.39 Å². The second-order valence-electron chi connectivity index (χ2n) is 12.7. The van der Waals surface area contributed by atoms with Gasteiger partial charge in [-0.05, 0) is 68.1 Å². The summed E-state index contributed by atoms with van der Waals surface area (Å²) in [4.78, 5) is 23.8. The number of imidazole rings is 1. The number of hydrogen-bond acceptors (Lipinski definition) is 7. The van der Waals surface area contributed by atoms with Gasteiger partial charge >= 0.3 is 5.97 Å². The van der Waals surface area contributed by atoms with E-state index >= 15 is 0 Å². The van der Waals surface area contributed by atoms with E-state index in [1.165, 1.54) is 12.1 Å². The molecule has 7 rings (SSSR count). The number of piperidine rings is 1. The lowest BCUT2D eigenvalue weighted by atomic mass is 9.94. The van der Waals surface area contributed by atoms with Crippen molar-refractivity contribution in [2.24, 2.45) is 17.3 Å². The molecule has 2 aromatic carbocycles. The molecule has 3 aliphatic rings. The van der Waals surface area contributed by atoms with Gasteiger partial charge in [0.1, 0.15) is 18.5 Å². The standard InChI is InChI=1S/C34H33ClFN5O4/c35-24-7-9-29(26(36)15-24)44-19-25-2-1-3-31(38-25)45-32-22-4-5-23(32)17-40(16-22)18-30-39-27-8-6-21(33(42)43)14-28(27)41(30)20-34(10-11-34)12-13-37/h1-3,6-9,14-15,22-23,32H,4-5,10-12,16-20H2,(H,42,43). The molecule has 1 N–H and O–H groups in total. The van der Waals surface area contributed by atoms with Crippen LogP contribution < -0.4 is 9.47 Å². The number of halogens is 2. The summed E-state index contributed by atoms with van der Waals surface area (Å²) >= 11 is 5.84. The molecule has 3 fully saturated rings. The van der Waals surface area contributed by atoms with Gasteiger partial charge < -0.3 is 19.1 Å². The number of aromatic carboxylic acids is 1. The second-order valence-corrected chi connectivity index (χ2v) is 13.1. The Morgan fingerprint density at radius 3 is 2.62 bits per heavy atom. The number of carboxylic acids is 1. The maximum Gasteiger partial charge on any atom is 0.335 e. The maximum absolute atomic E-state index is 14.1. The maximum atomic E-state index is 14.1. The van der Waals surface area contributed by atoms with Crippen LogP contribution in [0.5, 0.6) is 11.6 Å². The largest absolute Gasteiger partial charge is 0.484 e. The minimum Gasteiger partial charge on any atom is -0.484 e. The van der Waals surface area contributed by atoms with Crippen molar-refractivity contribution in [3.8, 4) is 17.7 Å². The molecule has 3 heterocycles. The van der Waals surface area contributed by atoms with Crippen LogP contribution in [0.1, 0.15) is 54.0 Å². The number of hydrogen-bond donors (Lipinski definition) is 1. The highest BCUT2D eigenvalue weighted by atomic mass is 35.5. The first-order valence-corrected chi connectivity index (χ1v) is 15.7. The van der Waals surface area contributed by atoms with Gasteiger partial charge in [0.2, 0.25) is 5.88 Å². The summed E-state index contributed by atoms with van der Waals surface area (Å²) in [6, 6.07) is 17.3. The van der Waals surface area contributed by atoms with E-state index in [9.17, 15) is 19.6 Å². The average molecular weight is 630 g/mol. The van der Waals surface area contributed by atoms with Gasteiger partial charge in [-0.3, -0.25) is 4.90 Å². The Labute approximate surface area is 265 Å². The van der Waals surface area contributed by atoms with Gasteiger partial charge in [0.05, 0.1) is 34.9 Å². The number of nitrogens with zero attached hydrogens (tertiary/aromatic N) is 5. The number of nitriles is 1. The molecule has 2 saturated carbocycles. The van der Waals surface area contributed by atoms with E-state index in [1.807, 2.05) is 18.2 Å². The molecule has 11 heteroatoms. The van der Waals surface area contributed by atoms with Gasteiger partial charge in [0, 0.05) is 54.4 Å². The monoisotopic (exact) mass is 629 g/mol. The van der Waals surface area contributed by atoms with Crippen molar-refractivity contribution in [1.29, 1.82) is 5.26 Å². The zero-order valence-corrected chi connectivity index (χ0v) is 25.4. The molecule has 1 aliphatic heterocycles. The molecule has 4 aromatic rings. The zero-order valence-electron chi connectivity index (χ0n) is 24.7. The van der Waals surface area contributed by atoms with Gasteiger partial charge in [-0.2, -0.15) is 5.26 Å². The SMILES string of the molecule is N#CCC1(Cn2c(CN3CC4CCC(C3)C4Oc3cccc(COc4ccc(Cl)cc4F)n3)nc3ccc(C(=O)O)cc32)CC1. The summed E-state index contributed by atoms with van der Waals surface area (Å²) in [6.07, 6.45) is 4.63. The number of carboxylic acid groups (broad SMARTS) is 1. The minimum absolute atomic E-state index is 0.0425. The Hall–Kier alpha value is -4.20. The first-order chi connectivity index (χ1) is 21.8. The third kappa shape index (κ3) is 6.20. The van der Waals surface area contributed by atoms with Crippen LogP contribution >= 0.6 is 11.6 Å². The molecular formula is C34H33ClFN5O4. The van der Waals surface area contributed by atoms with Gasteiger partial charge in [-0.1, -0.05) is 17.7 Å². The normalized spacial score (nSPS) is 21.8. The molecule has 45 heavy (non-hydrogen) atoms. The molecule has 2 bridgehead atoms. The number of likely N-dealkylation sites (tertiary alicyclic amines) is 1. The Balaban J connectivity index is 1.04. The van der Waals surface area contributed by atoms with Crippen molar-refractivity contribution in [2.45, 2.75) is 57.9 Å². The van der Waals surface area contributed by atoms with Crippen LogP contribution in [0.25, 0.3) is 11.0 Å². The molecule has 2 aliphatic carbocycles. The minimum atomic E-state index is -0.967. The molecule has 9 nitrogen and oxygen atoms in total. The average Bonchev–Trinajstić information content (AvgIpc) is 3.64. The summed E-state index contributed by atoms with van der Waals surface area (Å²) in [7, 11) is 0. The molecular weight excluding hydrogens is 597 g/mol. The topological polar surface area (TPSA) is 114 Å². The molecule has 2 unspecified atom stereocenters. The highest BCUT2D eigenvalue weighted by molar-refractivity contribution is 6.30. The van der Waals surface area contributed by atoms with E-state index in [0.29, 0.717) is 47.9 Å². The predicted molar refractivity (Wildman–Crippen MR) is 164 cm³/mol. The number of benzene rings is 2. The molecule has 0 radical (unpaired) electrons. The van der Waals surface area contributed by atoms with Crippen molar-refractivity contribution in [2.75, 3.05) is 13.1 Å². The molecule has 1 saturated heterocycles. The third-order valence-corrected chi connectivity index (χ3v) is 9.71. The number of fused-ring (bicyclic) bond motifs is 3. The van der Waals surface area contributed by atoms with E-state index in [-0.39, 0.29) is 29.4 Å². The lowest BCUT2D eigenvalue weighted by Crippen LogP contribution is -2.47. The third-order valence-electron chi connectivity index (χ3n) is 9.47. The van der Waals surface area contributed by atoms with E-state index < -0.39 is 11.8 Å². The molecule has 2 aromatic heterocycles. The Kier molecular flexibility index (Phi) is 7.84. The zero-order chi connectivity index (χ0) is 31.1. The van der Waals surface area contributed by atoms with Crippen molar-refractivity contribution >= 4 is 28.6 Å². The van der Waals surface area contributed by atoms with E-state index in [0.717, 1.165) is 55.6 Å². The number of rotatable bonds is 11. The lowest BCUT2D eigenvalue weighted by Gasteiger charge is -2.37. The number of aromatic nitrogens is 3. The predicted octanol–water partition coefficient (Wildman–Crippen LogP) is 6.48. The van der Waals surface area contributed by atoms with Crippen LogP contribution in [0, 0.1) is 34.4 Å². The summed E-state index contributed by atoms with van der Waals surface area (Å²) in [5.74, 6) is 0.732. The summed E-state index contributed by atoms with van der Waals surface area (Å²) in [5.41, 5.74) is 2.40. The molecule has 0 amide bonds. The highest BCUT2D eigenvalue weighted by Crippen LogP contribution is 2.50. The summed E-state index contributed by atoms with van der Waals surface area (Å²) < 4.78 is 28.4. The highest BCUT2D eigenvalue weighted by Gasteiger charge is 2.45. The van der Waals surface area contributed by atoms with Gasteiger partial charge in [0.15, 0.2) is 11.6 Å². The fourth-order valence-corrected chi connectivity index (χ4v) is 7.11. The van der Waals surface area contributed by atoms with E-state index in [2.05, 4.69) is 20.5 Å². The summed E-state index contributed by atoms with van der Waals surface area (Å²) in [5, 5.41) is 19.4. The van der Waals surface area contributed by atoms with Gasteiger partial charge in [-0.25, -0.2) is 19.2 Å². The quantitative estimate of drug-likeness (QED) is 0.200. The van der Waals surface area contributed by atoms with Crippen LogP contribution in [0.3, 0.4) is 0 Å². The van der Waals surface area contributed by atoms with Crippen LogP contribution in [0.2, 0.25) is 5.02 Å². The lowest BCUT2D eigenvalue weighted by molar-refractivity contribution is 0.0264. The van der Waals surface area contributed by atoms with Crippen LogP contribution in [-0.4, -0.2) is 49.7 Å². The first kappa shape index (κ1) is 29.5. The fourth-order valence-electron chi connectivity index (χ4n) is 6.95. The van der Waals surface area contributed by atoms with Crippen LogP contribution in [-0.2, 0) is 19.7 Å². The van der Waals surface area contributed by atoms with Crippen LogP contribution in [0.15, 0.2) is 54.6 Å². The number of ether oxygens (including phenoxy) is 2. The fraction of sp³-hybridized carbons (Fsp3) is 0.412. The van der Waals surface area contributed by atoms with E-state index in [4.69, 9.17) is 26.1 Å². The number of carbonyl (C=O) groups is 1. The summed E-state index contributed by atoms with van der Waals surface area (Å²) in [6.45, 7) is 3.12. The van der Waals surface area contributed by atoms with Gasteiger partial charge in [-0.15, -0.1) is 0 Å². The van der Waals surface area contributed by atoms with Crippen molar-refractivity contribution < 1.29 is 23.8 Å². The van der Waals surface area contributed by atoms with Gasteiger partial charge in [0.25, 0.3) is 0 Å². The smallest absolute Gasteiger partial charge is 0.335 e. The molecule has 2 atom stereocenters.